The lowest BCUT2D eigenvalue weighted by molar-refractivity contribution is 0.355. The second-order valence-corrected chi connectivity index (χ2v) is 9.65. The lowest BCUT2D eigenvalue weighted by Crippen LogP contribution is -2.39. The Bertz CT molecular complexity index is 883. The Morgan fingerprint density at radius 2 is 1.61 bits per heavy atom. The number of piperidine rings is 1. The van der Waals surface area contributed by atoms with Crippen LogP contribution in [0, 0.1) is 18.8 Å². The number of rotatable bonds is 5. The highest BCUT2D eigenvalue weighted by atomic mass is 32.1. The monoisotopic (exact) mass is 438 g/mol. The summed E-state index contributed by atoms with van der Waals surface area (Å²) in [5, 5.41) is 7.06. The van der Waals surface area contributed by atoms with Crippen molar-refractivity contribution in [2.24, 2.45) is 11.8 Å². The number of thiocarbonyl (C=S) groups is 1. The fourth-order valence-electron chi connectivity index (χ4n) is 4.63. The number of nitrogens with one attached hydrogen (secondary N) is 2. The summed E-state index contributed by atoms with van der Waals surface area (Å²) >= 11 is 5.55. The van der Waals surface area contributed by atoms with Crippen LogP contribution in [0.1, 0.15) is 44.2 Å². The summed E-state index contributed by atoms with van der Waals surface area (Å²) in [7, 11) is 0. The quantitative estimate of drug-likeness (QED) is 0.673. The van der Waals surface area contributed by atoms with Gasteiger partial charge in [-0.2, -0.15) is 9.97 Å². The molecule has 0 radical (unpaired) electrons. The third-order valence-corrected chi connectivity index (χ3v) is 6.37. The van der Waals surface area contributed by atoms with Crippen LogP contribution in [-0.2, 0) is 6.54 Å². The van der Waals surface area contributed by atoms with Crippen molar-refractivity contribution in [2.45, 2.75) is 46.6 Å². The SMILES string of the molecule is Cc1ccc(CNC(=S)Nc2nc(N3CCCC3)cc(N3C[C@@H](C)C[C@H](C)C3)n2)cc1. The van der Waals surface area contributed by atoms with Gasteiger partial charge in [0.25, 0.3) is 0 Å². The van der Waals surface area contributed by atoms with Crippen molar-refractivity contribution in [1.82, 2.24) is 15.3 Å². The van der Waals surface area contributed by atoms with Gasteiger partial charge < -0.3 is 20.4 Å². The van der Waals surface area contributed by atoms with E-state index in [-0.39, 0.29) is 0 Å². The van der Waals surface area contributed by atoms with E-state index >= 15 is 0 Å². The zero-order valence-corrected chi connectivity index (χ0v) is 19.7. The molecule has 3 heterocycles. The molecule has 7 heteroatoms. The van der Waals surface area contributed by atoms with E-state index in [0.717, 1.165) is 37.8 Å². The van der Waals surface area contributed by atoms with Gasteiger partial charge in [-0.1, -0.05) is 43.7 Å². The molecule has 4 rings (SSSR count). The summed E-state index contributed by atoms with van der Waals surface area (Å²) in [6, 6.07) is 10.6. The van der Waals surface area contributed by atoms with E-state index in [2.05, 4.69) is 71.5 Å². The highest BCUT2D eigenvalue weighted by molar-refractivity contribution is 7.80. The van der Waals surface area contributed by atoms with Gasteiger partial charge in [0.05, 0.1) is 0 Å². The molecule has 2 aliphatic heterocycles. The van der Waals surface area contributed by atoms with Crippen molar-refractivity contribution in [1.29, 1.82) is 0 Å². The minimum Gasteiger partial charge on any atom is -0.358 e. The molecule has 2 aliphatic rings. The van der Waals surface area contributed by atoms with Crippen molar-refractivity contribution < 1.29 is 0 Å². The highest BCUT2D eigenvalue weighted by Crippen LogP contribution is 2.29. The molecule has 31 heavy (non-hydrogen) atoms. The van der Waals surface area contributed by atoms with E-state index in [1.165, 1.54) is 30.4 Å². The van der Waals surface area contributed by atoms with Crippen molar-refractivity contribution in [2.75, 3.05) is 41.3 Å². The average Bonchev–Trinajstić information content (AvgIpc) is 3.27. The van der Waals surface area contributed by atoms with Gasteiger partial charge in [0.2, 0.25) is 5.95 Å². The van der Waals surface area contributed by atoms with E-state index in [9.17, 15) is 0 Å². The molecular formula is C24H34N6S. The molecule has 1 aromatic carbocycles. The van der Waals surface area contributed by atoms with Crippen molar-refractivity contribution in [3.05, 3.63) is 41.5 Å². The fourth-order valence-corrected chi connectivity index (χ4v) is 4.80. The molecule has 0 unspecified atom stereocenters. The average molecular weight is 439 g/mol. The maximum Gasteiger partial charge on any atom is 0.232 e. The summed E-state index contributed by atoms with van der Waals surface area (Å²) in [4.78, 5) is 14.4. The third kappa shape index (κ3) is 5.85. The van der Waals surface area contributed by atoms with Crippen LogP contribution in [0.25, 0.3) is 0 Å². The molecule has 2 atom stereocenters. The topological polar surface area (TPSA) is 56.3 Å². The Balaban J connectivity index is 1.49. The van der Waals surface area contributed by atoms with Gasteiger partial charge in [0.15, 0.2) is 5.11 Å². The van der Waals surface area contributed by atoms with Crippen LogP contribution in [0.4, 0.5) is 17.6 Å². The molecule has 2 saturated heterocycles. The van der Waals surface area contributed by atoms with E-state index in [4.69, 9.17) is 22.2 Å². The van der Waals surface area contributed by atoms with Crippen molar-refractivity contribution >= 4 is 34.9 Å². The second-order valence-electron chi connectivity index (χ2n) is 9.25. The normalized spacial score (nSPS) is 21.3. The highest BCUT2D eigenvalue weighted by Gasteiger charge is 2.25. The molecule has 0 spiro atoms. The van der Waals surface area contributed by atoms with Crippen molar-refractivity contribution in [3.63, 3.8) is 0 Å². The van der Waals surface area contributed by atoms with Crippen LogP contribution < -0.4 is 20.4 Å². The number of aromatic nitrogens is 2. The molecule has 0 saturated carbocycles. The van der Waals surface area contributed by atoms with Crippen LogP contribution in [-0.4, -0.2) is 41.3 Å². The summed E-state index contributed by atoms with van der Waals surface area (Å²) < 4.78 is 0. The van der Waals surface area contributed by atoms with Crippen LogP contribution >= 0.6 is 12.2 Å². The third-order valence-electron chi connectivity index (χ3n) is 6.12. The zero-order valence-electron chi connectivity index (χ0n) is 18.9. The lowest BCUT2D eigenvalue weighted by atomic mass is 9.92. The molecule has 2 fully saturated rings. The fraction of sp³-hybridized carbons (Fsp3) is 0.542. The molecule has 166 valence electrons. The standard InChI is InChI=1S/C24H34N6S/c1-17-6-8-20(9-7-17)14-25-24(31)28-23-26-21(29-10-4-5-11-29)13-22(27-23)30-15-18(2)12-19(3)16-30/h6-9,13,18-19H,4-5,10-12,14-16H2,1-3H3,(H2,25,26,27,28,31)/t18-,19-/m0/s1. The molecule has 0 bridgehead atoms. The largest absolute Gasteiger partial charge is 0.358 e. The Morgan fingerprint density at radius 3 is 2.26 bits per heavy atom. The Hall–Kier alpha value is -2.41. The van der Waals surface area contributed by atoms with E-state index in [1.807, 2.05) is 0 Å². The van der Waals surface area contributed by atoms with Gasteiger partial charge in [-0.15, -0.1) is 0 Å². The summed E-state index contributed by atoms with van der Waals surface area (Å²) in [6.07, 6.45) is 3.71. The first kappa shape index (κ1) is 21.8. The van der Waals surface area contributed by atoms with Gasteiger partial charge in [-0.05, 0) is 55.8 Å². The van der Waals surface area contributed by atoms with Gasteiger partial charge in [-0.25, -0.2) is 0 Å². The molecular weight excluding hydrogens is 404 g/mol. The molecule has 1 aromatic heterocycles. The van der Waals surface area contributed by atoms with Crippen LogP contribution in [0.2, 0.25) is 0 Å². The zero-order chi connectivity index (χ0) is 21.8. The molecule has 2 N–H and O–H groups in total. The van der Waals surface area contributed by atoms with Gasteiger partial charge in [-0.3, -0.25) is 0 Å². The number of hydrogen-bond acceptors (Lipinski definition) is 5. The van der Waals surface area contributed by atoms with Crippen LogP contribution in [0.3, 0.4) is 0 Å². The number of hydrogen-bond donors (Lipinski definition) is 2. The second kappa shape index (κ2) is 9.81. The molecule has 0 aliphatic carbocycles. The Kier molecular flexibility index (Phi) is 6.90. The maximum atomic E-state index is 5.55. The minimum atomic E-state index is 0.547. The first-order chi connectivity index (χ1) is 15.0. The Labute approximate surface area is 191 Å². The number of nitrogens with zero attached hydrogens (tertiary/aromatic N) is 4. The van der Waals surface area contributed by atoms with Crippen LogP contribution in [0.15, 0.2) is 30.3 Å². The summed E-state index contributed by atoms with van der Waals surface area (Å²) in [6.45, 7) is 11.6. The van der Waals surface area contributed by atoms with Gasteiger partial charge >= 0.3 is 0 Å². The van der Waals surface area contributed by atoms with Crippen molar-refractivity contribution in [3.8, 4) is 0 Å². The predicted octanol–water partition coefficient (Wildman–Crippen LogP) is 4.35. The Morgan fingerprint density at radius 1 is 1.00 bits per heavy atom. The number of benzene rings is 1. The number of anilines is 3. The summed E-state index contributed by atoms with van der Waals surface area (Å²) in [5.74, 6) is 3.91. The van der Waals surface area contributed by atoms with E-state index in [1.54, 1.807) is 0 Å². The maximum absolute atomic E-state index is 5.55. The molecule has 6 nitrogen and oxygen atoms in total. The smallest absolute Gasteiger partial charge is 0.232 e. The predicted molar refractivity (Wildman–Crippen MR) is 133 cm³/mol. The van der Waals surface area contributed by atoms with E-state index < -0.39 is 0 Å². The molecule has 0 amide bonds. The first-order valence-electron chi connectivity index (χ1n) is 11.5. The molecule has 2 aromatic rings. The summed E-state index contributed by atoms with van der Waals surface area (Å²) in [5.41, 5.74) is 2.45. The minimum absolute atomic E-state index is 0.547. The van der Waals surface area contributed by atoms with Gasteiger partial charge in [0, 0.05) is 38.8 Å². The van der Waals surface area contributed by atoms with Crippen LogP contribution in [0.5, 0.6) is 0 Å². The van der Waals surface area contributed by atoms with Gasteiger partial charge in [0.1, 0.15) is 11.6 Å². The first-order valence-corrected chi connectivity index (χ1v) is 11.9. The number of aryl methyl sites for hydroxylation is 1. The lowest BCUT2D eigenvalue weighted by Gasteiger charge is -2.36. The van der Waals surface area contributed by atoms with E-state index in [0.29, 0.717) is 29.4 Å².